The van der Waals surface area contributed by atoms with Gasteiger partial charge in [0.05, 0.1) is 16.8 Å². The monoisotopic (exact) mass is 426 g/mol. The Labute approximate surface area is 173 Å². The summed E-state index contributed by atoms with van der Waals surface area (Å²) < 4.78 is 46.1. The molecule has 2 aromatic carbocycles. The van der Waals surface area contributed by atoms with Gasteiger partial charge in [-0.15, -0.1) is 0 Å². The Morgan fingerprint density at radius 1 is 1.00 bits per heavy atom. The van der Waals surface area contributed by atoms with Crippen LogP contribution in [0.5, 0.6) is 0 Å². The maximum Gasteiger partial charge on any atom is 0.435 e. The number of alkyl halides is 3. The van der Waals surface area contributed by atoms with E-state index in [1.807, 2.05) is 0 Å². The minimum atomic E-state index is -4.84. The van der Waals surface area contributed by atoms with Gasteiger partial charge in [-0.25, -0.2) is 4.79 Å². The number of hydrogen-bond acceptors (Lipinski definition) is 4. The van der Waals surface area contributed by atoms with Gasteiger partial charge < -0.3 is 9.52 Å². The van der Waals surface area contributed by atoms with E-state index in [0.29, 0.717) is 16.3 Å². The number of carboxylic acid groups (broad SMARTS) is 1. The summed E-state index contributed by atoms with van der Waals surface area (Å²) in [4.78, 5) is 23.6. The van der Waals surface area contributed by atoms with Crippen LogP contribution >= 0.6 is 0 Å². The van der Waals surface area contributed by atoms with Crippen LogP contribution in [0.4, 0.5) is 18.9 Å². The second-order valence-electron chi connectivity index (χ2n) is 6.54. The largest absolute Gasteiger partial charge is 0.478 e. The van der Waals surface area contributed by atoms with Crippen molar-refractivity contribution in [1.29, 1.82) is 0 Å². The molecule has 3 aromatic rings. The summed E-state index contributed by atoms with van der Waals surface area (Å²) >= 11 is 0. The Hall–Kier alpha value is -4.14. The van der Waals surface area contributed by atoms with Gasteiger partial charge in [0.1, 0.15) is 11.5 Å². The predicted octanol–water partition coefficient (Wildman–Crippen LogP) is 4.99. The summed E-state index contributed by atoms with van der Waals surface area (Å²) in [6.07, 6.45) is -3.85. The molecule has 4 rings (SSSR count). The van der Waals surface area contributed by atoms with Crippen molar-refractivity contribution < 1.29 is 32.3 Å². The van der Waals surface area contributed by atoms with E-state index < -0.39 is 29.3 Å². The minimum Gasteiger partial charge on any atom is -0.478 e. The molecular weight excluding hydrogens is 413 g/mol. The molecule has 1 aromatic heterocycles. The van der Waals surface area contributed by atoms with Gasteiger partial charge in [-0.05, 0) is 42.5 Å². The molecule has 156 valence electrons. The number of benzene rings is 2. The fraction of sp³-hybridized carbons (Fsp3) is 0.0455. The lowest BCUT2D eigenvalue weighted by Crippen LogP contribution is -2.25. The van der Waals surface area contributed by atoms with E-state index in [-0.39, 0.29) is 17.0 Å². The van der Waals surface area contributed by atoms with Crippen molar-refractivity contribution in [2.24, 2.45) is 5.10 Å². The number of aromatic carboxylic acids is 1. The molecule has 1 aliphatic rings. The van der Waals surface area contributed by atoms with Gasteiger partial charge in [0.25, 0.3) is 5.91 Å². The Kier molecular flexibility index (Phi) is 4.94. The predicted molar refractivity (Wildman–Crippen MR) is 106 cm³/mol. The quantitative estimate of drug-likeness (QED) is 0.596. The summed E-state index contributed by atoms with van der Waals surface area (Å²) in [5, 5.41) is 13.1. The number of carbonyl (C=O) groups excluding carboxylic acids is 1. The van der Waals surface area contributed by atoms with Crippen molar-refractivity contribution in [3.05, 3.63) is 83.6 Å². The standard InChI is InChI=1S/C22H13F3N2O4/c23-22(24,25)19-17(20(28)27(26-19)15-4-2-1-3-5-15)12-16-10-11-18(31-16)13-6-8-14(9-7-13)21(29)30/h1-12H,(H,29,30)/b17-12-. The summed E-state index contributed by atoms with van der Waals surface area (Å²) in [7, 11) is 0. The van der Waals surface area contributed by atoms with Crippen molar-refractivity contribution in [3.63, 3.8) is 0 Å². The first-order valence-corrected chi connectivity index (χ1v) is 8.95. The molecule has 0 radical (unpaired) electrons. The molecule has 0 atom stereocenters. The van der Waals surface area contributed by atoms with Gasteiger partial charge in [0.15, 0.2) is 5.71 Å². The zero-order valence-electron chi connectivity index (χ0n) is 15.6. The van der Waals surface area contributed by atoms with Crippen LogP contribution in [-0.4, -0.2) is 28.9 Å². The first-order valence-electron chi connectivity index (χ1n) is 8.95. The second kappa shape index (κ2) is 7.60. The Balaban J connectivity index is 1.68. The van der Waals surface area contributed by atoms with E-state index in [2.05, 4.69) is 5.10 Å². The average molecular weight is 426 g/mol. The first-order chi connectivity index (χ1) is 14.7. The Morgan fingerprint density at radius 2 is 1.68 bits per heavy atom. The molecule has 0 saturated heterocycles. The highest BCUT2D eigenvalue weighted by atomic mass is 19.4. The molecule has 6 nitrogen and oxygen atoms in total. The molecule has 1 N–H and O–H groups in total. The second-order valence-corrected chi connectivity index (χ2v) is 6.54. The SMILES string of the molecule is O=C(O)c1ccc(-c2ccc(/C=C3\C(=O)N(c4ccccc4)N=C3C(F)(F)F)o2)cc1. The molecule has 0 bridgehead atoms. The fourth-order valence-corrected chi connectivity index (χ4v) is 3.00. The lowest BCUT2D eigenvalue weighted by atomic mass is 10.1. The normalized spacial score (nSPS) is 15.5. The lowest BCUT2D eigenvalue weighted by Gasteiger charge is -2.10. The van der Waals surface area contributed by atoms with Crippen LogP contribution in [0.1, 0.15) is 16.1 Å². The fourth-order valence-electron chi connectivity index (χ4n) is 3.00. The lowest BCUT2D eigenvalue weighted by molar-refractivity contribution is -0.114. The van der Waals surface area contributed by atoms with Gasteiger partial charge in [-0.2, -0.15) is 23.3 Å². The molecule has 0 unspecified atom stereocenters. The molecule has 1 amide bonds. The summed E-state index contributed by atoms with van der Waals surface area (Å²) in [5.41, 5.74) is -1.14. The highest BCUT2D eigenvalue weighted by molar-refractivity contribution is 6.34. The number of anilines is 1. The first kappa shape index (κ1) is 20.1. The van der Waals surface area contributed by atoms with Crippen LogP contribution in [-0.2, 0) is 4.79 Å². The maximum absolute atomic E-state index is 13.5. The van der Waals surface area contributed by atoms with Crippen LogP contribution < -0.4 is 5.01 Å². The molecule has 2 heterocycles. The number of carboxylic acids is 1. The van der Waals surface area contributed by atoms with Crippen molar-refractivity contribution in [1.82, 2.24) is 0 Å². The smallest absolute Gasteiger partial charge is 0.435 e. The van der Waals surface area contributed by atoms with Crippen molar-refractivity contribution in [3.8, 4) is 11.3 Å². The average Bonchev–Trinajstić information content (AvgIpc) is 3.34. The molecular formula is C22H13F3N2O4. The van der Waals surface area contributed by atoms with Crippen LogP contribution in [0.15, 0.2) is 81.8 Å². The van der Waals surface area contributed by atoms with E-state index in [1.54, 1.807) is 18.2 Å². The summed E-state index contributed by atoms with van der Waals surface area (Å²) in [6, 6.07) is 16.5. The highest BCUT2D eigenvalue weighted by Crippen LogP contribution is 2.33. The van der Waals surface area contributed by atoms with E-state index in [1.165, 1.54) is 48.5 Å². The molecule has 0 aliphatic carbocycles. The number of rotatable bonds is 4. The number of para-hydroxylation sites is 1. The number of halogens is 3. The van der Waals surface area contributed by atoms with E-state index in [4.69, 9.17) is 9.52 Å². The number of carbonyl (C=O) groups is 2. The molecule has 1 aliphatic heterocycles. The van der Waals surface area contributed by atoms with Crippen LogP contribution in [0.25, 0.3) is 17.4 Å². The third-order valence-corrected chi connectivity index (χ3v) is 4.48. The molecule has 0 saturated carbocycles. The molecule has 0 spiro atoms. The topological polar surface area (TPSA) is 83.1 Å². The molecule has 31 heavy (non-hydrogen) atoms. The number of nitrogens with zero attached hydrogens (tertiary/aromatic N) is 2. The van der Waals surface area contributed by atoms with E-state index in [0.717, 1.165) is 6.08 Å². The molecule has 9 heteroatoms. The number of amides is 1. The maximum atomic E-state index is 13.5. The van der Waals surface area contributed by atoms with Gasteiger partial charge in [-0.3, -0.25) is 4.79 Å². The third kappa shape index (κ3) is 3.97. The summed E-state index contributed by atoms with van der Waals surface area (Å²) in [5.74, 6) is -1.69. The van der Waals surface area contributed by atoms with Gasteiger partial charge in [-0.1, -0.05) is 30.3 Å². The Morgan fingerprint density at radius 3 is 2.29 bits per heavy atom. The number of hydrogen-bond donors (Lipinski definition) is 1. The van der Waals surface area contributed by atoms with Crippen LogP contribution in [0, 0.1) is 0 Å². The summed E-state index contributed by atoms with van der Waals surface area (Å²) in [6.45, 7) is 0. The van der Waals surface area contributed by atoms with Crippen LogP contribution in [0.2, 0.25) is 0 Å². The van der Waals surface area contributed by atoms with Crippen molar-refractivity contribution in [2.75, 3.05) is 5.01 Å². The minimum absolute atomic E-state index is 0.0209. The zero-order chi connectivity index (χ0) is 22.2. The number of hydrazone groups is 1. The van der Waals surface area contributed by atoms with E-state index >= 15 is 0 Å². The highest BCUT2D eigenvalue weighted by Gasteiger charge is 2.47. The van der Waals surface area contributed by atoms with Gasteiger partial charge in [0.2, 0.25) is 0 Å². The Bertz CT molecular complexity index is 1210. The van der Waals surface area contributed by atoms with Gasteiger partial charge in [0, 0.05) is 5.56 Å². The van der Waals surface area contributed by atoms with Gasteiger partial charge >= 0.3 is 12.1 Å². The van der Waals surface area contributed by atoms with Crippen molar-refractivity contribution >= 4 is 29.4 Å². The zero-order valence-corrected chi connectivity index (χ0v) is 15.6. The van der Waals surface area contributed by atoms with E-state index in [9.17, 15) is 22.8 Å². The van der Waals surface area contributed by atoms with Crippen LogP contribution in [0.3, 0.4) is 0 Å². The number of furan rings is 1. The molecule has 0 fully saturated rings. The third-order valence-electron chi connectivity index (χ3n) is 4.48. The van der Waals surface area contributed by atoms with Crippen molar-refractivity contribution in [2.45, 2.75) is 6.18 Å².